The largest absolute Gasteiger partial charge is 0.368 e. The van der Waals surface area contributed by atoms with Gasteiger partial charge in [-0.1, -0.05) is 0 Å². The highest BCUT2D eigenvalue weighted by molar-refractivity contribution is 7.91. The SMILES string of the molecule is Cc1cc2c(s1)C1(CC1)OCCS2(=O)=O. The third-order valence-electron chi connectivity index (χ3n) is 3.00. The smallest absolute Gasteiger partial charge is 0.181 e. The lowest BCUT2D eigenvalue weighted by atomic mass is 10.2. The summed E-state index contributed by atoms with van der Waals surface area (Å²) < 4.78 is 29.6. The Kier molecular flexibility index (Phi) is 1.86. The Balaban J connectivity index is 2.26. The summed E-state index contributed by atoms with van der Waals surface area (Å²) in [6.45, 7) is 2.29. The Morgan fingerprint density at radius 2 is 2.20 bits per heavy atom. The Bertz CT molecular complexity index is 509. The van der Waals surface area contributed by atoms with Crippen LogP contribution in [0.4, 0.5) is 0 Å². The average Bonchev–Trinajstić information content (AvgIpc) is 2.82. The molecule has 0 unspecified atom stereocenters. The summed E-state index contributed by atoms with van der Waals surface area (Å²) in [5.74, 6) is 0.123. The summed E-state index contributed by atoms with van der Waals surface area (Å²) in [5, 5.41) is 0. The molecule has 1 aliphatic heterocycles. The van der Waals surface area contributed by atoms with E-state index < -0.39 is 9.84 Å². The molecule has 5 heteroatoms. The molecule has 2 aliphatic rings. The molecule has 1 aromatic heterocycles. The summed E-state index contributed by atoms with van der Waals surface area (Å²) in [4.78, 5) is 2.53. The summed E-state index contributed by atoms with van der Waals surface area (Å²) in [6, 6.07) is 1.80. The van der Waals surface area contributed by atoms with Crippen molar-refractivity contribution in [3.05, 3.63) is 15.8 Å². The van der Waals surface area contributed by atoms with Gasteiger partial charge in [-0.05, 0) is 25.8 Å². The van der Waals surface area contributed by atoms with Gasteiger partial charge in [-0.25, -0.2) is 8.42 Å². The molecule has 0 bridgehead atoms. The van der Waals surface area contributed by atoms with Crippen molar-refractivity contribution in [2.45, 2.75) is 30.3 Å². The minimum Gasteiger partial charge on any atom is -0.368 e. The van der Waals surface area contributed by atoms with Gasteiger partial charge in [0.1, 0.15) is 5.60 Å². The quantitative estimate of drug-likeness (QED) is 0.699. The van der Waals surface area contributed by atoms with Crippen molar-refractivity contribution in [3.63, 3.8) is 0 Å². The van der Waals surface area contributed by atoms with E-state index in [4.69, 9.17) is 4.74 Å². The molecule has 3 nitrogen and oxygen atoms in total. The lowest BCUT2D eigenvalue weighted by Gasteiger charge is -2.11. The number of hydrogen-bond donors (Lipinski definition) is 0. The third-order valence-corrected chi connectivity index (χ3v) is 6.07. The number of aryl methyl sites for hydroxylation is 1. The first-order chi connectivity index (χ1) is 7.04. The van der Waals surface area contributed by atoms with Gasteiger partial charge in [0.25, 0.3) is 0 Å². The van der Waals surface area contributed by atoms with E-state index in [1.165, 1.54) is 0 Å². The van der Waals surface area contributed by atoms with Gasteiger partial charge in [0.05, 0.1) is 22.1 Å². The Morgan fingerprint density at radius 3 is 2.87 bits per heavy atom. The number of sulfone groups is 1. The van der Waals surface area contributed by atoms with E-state index in [1.807, 2.05) is 6.92 Å². The fourth-order valence-electron chi connectivity index (χ4n) is 2.05. The van der Waals surface area contributed by atoms with Crippen LogP contribution in [0.1, 0.15) is 22.6 Å². The molecule has 1 saturated carbocycles. The summed E-state index contributed by atoms with van der Waals surface area (Å²) in [5.41, 5.74) is -0.238. The van der Waals surface area contributed by atoms with Crippen LogP contribution in [0, 0.1) is 6.92 Å². The van der Waals surface area contributed by atoms with Crippen molar-refractivity contribution in [2.75, 3.05) is 12.4 Å². The highest BCUT2D eigenvalue weighted by atomic mass is 32.2. The predicted octanol–water partition coefficient (Wildman–Crippen LogP) is 1.85. The van der Waals surface area contributed by atoms with Gasteiger partial charge in [-0.15, -0.1) is 11.3 Å². The van der Waals surface area contributed by atoms with E-state index in [2.05, 4.69) is 0 Å². The first-order valence-corrected chi connectivity index (χ1v) is 7.48. The summed E-state index contributed by atoms with van der Waals surface area (Å²) in [6.07, 6.45) is 1.94. The molecule has 15 heavy (non-hydrogen) atoms. The fraction of sp³-hybridized carbons (Fsp3) is 0.600. The Morgan fingerprint density at radius 1 is 1.47 bits per heavy atom. The van der Waals surface area contributed by atoms with E-state index in [0.29, 0.717) is 11.5 Å². The second-order valence-corrected chi connectivity index (χ2v) is 7.55. The molecule has 3 rings (SSSR count). The minimum absolute atomic E-state index is 0.123. The Labute approximate surface area is 93.0 Å². The van der Waals surface area contributed by atoms with E-state index in [0.717, 1.165) is 22.6 Å². The van der Waals surface area contributed by atoms with Gasteiger partial charge in [-0.3, -0.25) is 0 Å². The molecule has 0 saturated heterocycles. The van der Waals surface area contributed by atoms with Gasteiger partial charge in [0.2, 0.25) is 0 Å². The lowest BCUT2D eigenvalue weighted by Crippen LogP contribution is -2.11. The summed E-state index contributed by atoms with van der Waals surface area (Å²) in [7, 11) is -3.10. The fourth-order valence-corrected chi connectivity index (χ4v) is 5.08. The predicted molar refractivity (Wildman–Crippen MR) is 58.0 cm³/mol. The highest BCUT2D eigenvalue weighted by Gasteiger charge is 2.51. The second-order valence-electron chi connectivity index (χ2n) is 4.21. The maximum Gasteiger partial charge on any atom is 0.181 e. The molecule has 0 amide bonds. The molecule has 1 spiro atoms. The number of ether oxygens (including phenoxy) is 1. The molecule has 0 N–H and O–H groups in total. The zero-order valence-corrected chi connectivity index (χ0v) is 10.1. The molecule has 0 atom stereocenters. The molecule has 82 valence electrons. The maximum absolute atomic E-state index is 11.9. The minimum atomic E-state index is -3.10. The molecule has 1 fully saturated rings. The van der Waals surface area contributed by atoms with Crippen molar-refractivity contribution in [1.82, 2.24) is 0 Å². The van der Waals surface area contributed by atoms with Gasteiger partial charge < -0.3 is 4.74 Å². The maximum atomic E-state index is 11.9. The van der Waals surface area contributed by atoms with Crippen molar-refractivity contribution in [3.8, 4) is 0 Å². The number of thiophene rings is 1. The zero-order chi connectivity index (χ0) is 10.7. The molecule has 2 heterocycles. The third kappa shape index (κ3) is 1.37. The van der Waals surface area contributed by atoms with Crippen LogP contribution < -0.4 is 0 Å². The normalized spacial score (nSPS) is 25.9. The average molecular weight is 244 g/mol. The van der Waals surface area contributed by atoms with Crippen LogP contribution in [0.25, 0.3) is 0 Å². The van der Waals surface area contributed by atoms with Crippen LogP contribution in [0.3, 0.4) is 0 Å². The summed E-state index contributed by atoms with van der Waals surface area (Å²) >= 11 is 1.57. The number of rotatable bonds is 0. The standard InChI is InChI=1S/C10H12O3S2/c1-7-6-8-9(14-7)10(2-3-10)13-4-5-15(8,11)12/h6H,2-5H2,1H3. The molecule has 0 radical (unpaired) electrons. The van der Waals surface area contributed by atoms with Crippen LogP contribution in [0.5, 0.6) is 0 Å². The molecule has 1 aliphatic carbocycles. The lowest BCUT2D eigenvalue weighted by molar-refractivity contribution is 0.0441. The van der Waals surface area contributed by atoms with Crippen molar-refractivity contribution >= 4 is 21.2 Å². The molecule has 0 aromatic carbocycles. The van der Waals surface area contributed by atoms with Crippen LogP contribution >= 0.6 is 11.3 Å². The van der Waals surface area contributed by atoms with Crippen LogP contribution in [-0.4, -0.2) is 20.8 Å². The van der Waals surface area contributed by atoms with E-state index in [-0.39, 0.29) is 11.4 Å². The second kappa shape index (κ2) is 2.84. The van der Waals surface area contributed by atoms with E-state index in [1.54, 1.807) is 17.4 Å². The van der Waals surface area contributed by atoms with Crippen LogP contribution in [0.2, 0.25) is 0 Å². The van der Waals surface area contributed by atoms with Crippen molar-refractivity contribution < 1.29 is 13.2 Å². The van der Waals surface area contributed by atoms with E-state index in [9.17, 15) is 8.42 Å². The Hall–Kier alpha value is -0.390. The molecule has 1 aromatic rings. The van der Waals surface area contributed by atoms with Gasteiger partial charge in [0, 0.05) is 4.88 Å². The van der Waals surface area contributed by atoms with Crippen molar-refractivity contribution in [2.24, 2.45) is 0 Å². The van der Waals surface area contributed by atoms with E-state index >= 15 is 0 Å². The van der Waals surface area contributed by atoms with Crippen LogP contribution in [0.15, 0.2) is 11.0 Å². The van der Waals surface area contributed by atoms with Gasteiger partial charge >= 0.3 is 0 Å². The first-order valence-electron chi connectivity index (χ1n) is 5.01. The number of fused-ring (bicyclic) bond motifs is 2. The first kappa shape index (κ1) is 9.81. The highest BCUT2D eigenvalue weighted by Crippen LogP contribution is 2.55. The molecular formula is C10H12O3S2. The zero-order valence-electron chi connectivity index (χ0n) is 8.45. The topological polar surface area (TPSA) is 43.4 Å². The van der Waals surface area contributed by atoms with Crippen molar-refractivity contribution in [1.29, 1.82) is 0 Å². The van der Waals surface area contributed by atoms with Gasteiger partial charge in [0.15, 0.2) is 9.84 Å². The monoisotopic (exact) mass is 244 g/mol. The van der Waals surface area contributed by atoms with Crippen LogP contribution in [-0.2, 0) is 20.2 Å². The van der Waals surface area contributed by atoms with Gasteiger partial charge in [-0.2, -0.15) is 0 Å². The molecular weight excluding hydrogens is 232 g/mol. The number of hydrogen-bond acceptors (Lipinski definition) is 4.